The molecular weight excluding hydrogens is 322 g/mol. The minimum absolute atomic E-state index is 0.129. The molecule has 1 aliphatic rings. The second kappa shape index (κ2) is 7.40. The van der Waals surface area contributed by atoms with Crippen LogP contribution in [0.1, 0.15) is 41.8 Å². The van der Waals surface area contributed by atoms with E-state index in [9.17, 15) is 4.79 Å². The van der Waals surface area contributed by atoms with Gasteiger partial charge in [0.05, 0.1) is 11.4 Å². The van der Waals surface area contributed by atoms with Gasteiger partial charge in [-0.1, -0.05) is 31.5 Å². The Kier molecular flexibility index (Phi) is 5.21. The maximum absolute atomic E-state index is 12.6. The van der Waals surface area contributed by atoms with E-state index in [0.29, 0.717) is 28.8 Å². The molecule has 0 aromatic heterocycles. The summed E-state index contributed by atoms with van der Waals surface area (Å²) in [6, 6.07) is 11.6. The van der Waals surface area contributed by atoms with Gasteiger partial charge in [-0.15, -0.1) is 0 Å². The van der Waals surface area contributed by atoms with E-state index in [-0.39, 0.29) is 5.91 Å². The van der Waals surface area contributed by atoms with Crippen molar-refractivity contribution in [3.8, 4) is 0 Å². The number of benzene rings is 2. The Bertz CT molecular complexity index is 805. The molecule has 1 heterocycles. The topological polar surface area (TPSA) is 58.4 Å². The molecule has 4 heteroatoms. The number of aryl methyl sites for hydroxylation is 2. The monoisotopic (exact) mass is 351 g/mol. The number of amides is 1. The first-order valence-electron chi connectivity index (χ1n) is 9.36. The number of piperidine rings is 1. The van der Waals surface area contributed by atoms with Crippen LogP contribution in [0, 0.1) is 25.7 Å². The zero-order valence-corrected chi connectivity index (χ0v) is 16.2. The minimum atomic E-state index is -0.129. The van der Waals surface area contributed by atoms with Crippen LogP contribution in [0.3, 0.4) is 0 Å². The average Bonchev–Trinajstić information content (AvgIpc) is 2.56. The number of carbonyl (C=O) groups excluding carboxylic acids is 1. The van der Waals surface area contributed by atoms with Crippen molar-refractivity contribution in [2.75, 3.05) is 29.0 Å². The van der Waals surface area contributed by atoms with Crippen molar-refractivity contribution in [3.05, 3.63) is 53.1 Å². The van der Waals surface area contributed by atoms with E-state index < -0.39 is 0 Å². The standard InChI is InChI=1S/C22H29N3O/c1-14-6-5-7-18(9-14)22(26)24-20-11-21(17(4)10-19(20)23)25-12-15(2)8-16(3)13-25/h5-7,9-11,15-16H,8,12-13,23H2,1-4H3,(H,24,26)/t15-,16-/m1/s1. The van der Waals surface area contributed by atoms with Crippen LogP contribution in [0.5, 0.6) is 0 Å². The number of rotatable bonds is 3. The quantitative estimate of drug-likeness (QED) is 0.793. The summed E-state index contributed by atoms with van der Waals surface area (Å²) in [4.78, 5) is 15.0. The summed E-state index contributed by atoms with van der Waals surface area (Å²) < 4.78 is 0. The SMILES string of the molecule is Cc1cccc(C(=O)Nc2cc(N3C[C@H](C)C[C@@H](C)C3)c(C)cc2N)c1. The number of nitrogens with one attached hydrogen (secondary N) is 1. The molecular formula is C22H29N3O. The number of nitrogens with zero attached hydrogens (tertiary/aromatic N) is 1. The second-order valence-electron chi connectivity index (χ2n) is 7.90. The predicted octanol–water partition coefficient (Wildman–Crippen LogP) is 4.62. The van der Waals surface area contributed by atoms with Crippen LogP contribution in [0.4, 0.5) is 17.1 Å². The number of carbonyl (C=O) groups is 1. The highest BCUT2D eigenvalue weighted by molar-refractivity contribution is 6.06. The predicted molar refractivity (Wildman–Crippen MR) is 110 cm³/mol. The summed E-state index contributed by atoms with van der Waals surface area (Å²) in [5.74, 6) is 1.21. The number of hydrogen-bond donors (Lipinski definition) is 2. The van der Waals surface area contributed by atoms with Gasteiger partial charge in [0.1, 0.15) is 0 Å². The van der Waals surface area contributed by atoms with E-state index in [1.54, 1.807) is 0 Å². The lowest BCUT2D eigenvalue weighted by atomic mass is 9.91. The minimum Gasteiger partial charge on any atom is -0.397 e. The Hall–Kier alpha value is -2.49. The van der Waals surface area contributed by atoms with Crippen LogP contribution in [0.2, 0.25) is 0 Å². The van der Waals surface area contributed by atoms with Gasteiger partial charge in [-0.05, 0) is 61.9 Å². The Morgan fingerprint density at radius 3 is 2.46 bits per heavy atom. The Labute approximate surface area is 156 Å². The van der Waals surface area contributed by atoms with Gasteiger partial charge in [0.25, 0.3) is 5.91 Å². The number of anilines is 3. The van der Waals surface area contributed by atoms with Crippen LogP contribution in [-0.2, 0) is 0 Å². The van der Waals surface area contributed by atoms with Gasteiger partial charge in [0.15, 0.2) is 0 Å². The molecule has 0 bridgehead atoms. The smallest absolute Gasteiger partial charge is 0.255 e. The van der Waals surface area contributed by atoms with E-state index in [4.69, 9.17) is 5.73 Å². The zero-order chi connectivity index (χ0) is 18.8. The van der Waals surface area contributed by atoms with Crippen molar-refractivity contribution in [3.63, 3.8) is 0 Å². The summed E-state index contributed by atoms with van der Waals surface area (Å²) in [5, 5.41) is 2.99. The third kappa shape index (κ3) is 4.01. The van der Waals surface area contributed by atoms with Gasteiger partial charge in [0.2, 0.25) is 0 Å². The molecule has 26 heavy (non-hydrogen) atoms. The van der Waals surface area contributed by atoms with Crippen molar-refractivity contribution < 1.29 is 4.79 Å². The van der Waals surface area contributed by atoms with E-state index in [2.05, 4.69) is 31.0 Å². The summed E-state index contributed by atoms with van der Waals surface area (Å²) >= 11 is 0. The molecule has 2 aromatic carbocycles. The second-order valence-corrected chi connectivity index (χ2v) is 7.90. The highest BCUT2D eigenvalue weighted by Crippen LogP contribution is 2.33. The van der Waals surface area contributed by atoms with Crippen LogP contribution < -0.4 is 16.0 Å². The Morgan fingerprint density at radius 2 is 1.81 bits per heavy atom. The number of hydrogen-bond acceptors (Lipinski definition) is 3. The molecule has 0 radical (unpaired) electrons. The van der Waals surface area contributed by atoms with Crippen molar-refractivity contribution in [1.29, 1.82) is 0 Å². The fraction of sp³-hybridized carbons (Fsp3) is 0.409. The Morgan fingerprint density at radius 1 is 1.12 bits per heavy atom. The molecule has 3 rings (SSSR count). The lowest BCUT2D eigenvalue weighted by Gasteiger charge is -2.37. The molecule has 0 aliphatic carbocycles. The lowest BCUT2D eigenvalue weighted by molar-refractivity contribution is 0.102. The molecule has 4 nitrogen and oxygen atoms in total. The summed E-state index contributed by atoms with van der Waals surface area (Å²) in [5.41, 5.74) is 11.5. The normalized spacial score (nSPS) is 20.1. The third-order valence-corrected chi connectivity index (χ3v) is 5.11. The van der Waals surface area contributed by atoms with E-state index in [1.807, 2.05) is 43.3 Å². The third-order valence-electron chi connectivity index (χ3n) is 5.11. The van der Waals surface area contributed by atoms with Crippen molar-refractivity contribution >= 4 is 23.0 Å². The molecule has 1 amide bonds. The van der Waals surface area contributed by atoms with Crippen LogP contribution in [0.25, 0.3) is 0 Å². The number of nitrogens with two attached hydrogens (primary N) is 1. The first-order chi connectivity index (χ1) is 12.3. The molecule has 3 N–H and O–H groups in total. The average molecular weight is 351 g/mol. The molecule has 0 spiro atoms. The van der Waals surface area contributed by atoms with Gasteiger partial charge in [-0.2, -0.15) is 0 Å². The van der Waals surface area contributed by atoms with E-state index >= 15 is 0 Å². The molecule has 2 atom stereocenters. The van der Waals surface area contributed by atoms with Crippen molar-refractivity contribution in [2.24, 2.45) is 11.8 Å². The van der Waals surface area contributed by atoms with Gasteiger partial charge in [-0.3, -0.25) is 4.79 Å². The van der Waals surface area contributed by atoms with Crippen LogP contribution in [0.15, 0.2) is 36.4 Å². The number of nitrogen functional groups attached to an aromatic ring is 1. The van der Waals surface area contributed by atoms with Gasteiger partial charge in [0, 0.05) is 24.3 Å². The first kappa shape index (κ1) is 18.3. The van der Waals surface area contributed by atoms with Crippen LogP contribution in [-0.4, -0.2) is 19.0 Å². The highest BCUT2D eigenvalue weighted by atomic mass is 16.1. The van der Waals surface area contributed by atoms with E-state index in [0.717, 1.165) is 29.9 Å². The van der Waals surface area contributed by atoms with Gasteiger partial charge in [-0.25, -0.2) is 0 Å². The summed E-state index contributed by atoms with van der Waals surface area (Å²) in [7, 11) is 0. The summed E-state index contributed by atoms with van der Waals surface area (Å²) in [6.45, 7) is 10.8. The van der Waals surface area contributed by atoms with Crippen molar-refractivity contribution in [1.82, 2.24) is 0 Å². The van der Waals surface area contributed by atoms with Crippen molar-refractivity contribution in [2.45, 2.75) is 34.1 Å². The molecule has 1 saturated heterocycles. The van der Waals surface area contributed by atoms with Gasteiger partial charge >= 0.3 is 0 Å². The molecule has 2 aromatic rings. The van der Waals surface area contributed by atoms with Crippen LogP contribution >= 0.6 is 0 Å². The molecule has 1 fully saturated rings. The molecule has 1 aliphatic heterocycles. The first-order valence-corrected chi connectivity index (χ1v) is 9.36. The zero-order valence-electron chi connectivity index (χ0n) is 16.2. The Balaban J connectivity index is 1.87. The molecule has 0 unspecified atom stereocenters. The largest absolute Gasteiger partial charge is 0.397 e. The maximum Gasteiger partial charge on any atom is 0.255 e. The lowest BCUT2D eigenvalue weighted by Crippen LogP contribution is -2.39. The molecule has 0 saturated carbocycles. The molecule has 138 valence electrons. The maximum atomic E-state index is 12.6. The summed E-state index contributed by atoms with van der Waals surface area (Å²) in [6.07, 6.45) is 1.27. The fourth-order valence-electron chi connectivity index (χ4n) is 4.01. The van der Waals surface area contributed by atoms with Gasteiger partial charge < -0.3 is 16.0 Å². The van der Waals surface area contributed by atoms with E-state index in [1.165, 1.54) is 6.42 Å². The highest BCUT2D eigenvalue weighted by Gasteiger charge is 2.24. The fourth-order valence-corrected chi connectivity index (χ4v) is 4.01.